The van der Waals surface area contributed by atoms with Gasteiger partial charge in [0.15, 0.2) is 0 Å². The molecule has 0 aromatic heterocycles. The molecule has 1 heteroatoms. The van der Waals surface area contributed by atoms with E-state index in [1.807, 2.05) is 36.4 Å². The van der Waals surface area contributed by atoms with E-state index in [2.05, 4.69) is 6.58 Å². The second-order valence-electron chi connectivity index (χ2n) is 3.71. The van der Waals surface area contributed by atoms with Crippen LogP contribution in [-0.2, 0) is 4.79 Å². The molecule has 0 saturated heterocycles. The van der Waals surface area contributed by atoms with E-state index < -0.39 is 0 Å². The maximum atomic E-state index is 10.5. The average Bonchev–Trinajstić information content (AvgIpc) is 2.32. The van der Waals surface area contributed by atoms with Crippen LogP contribution in [0.4, 0.5) is 0 Å². The molecule has 2 rings (SSSR count). The molecule has 15 heavy (non-hydrogen) atoms. The van der Waals surface area contributed by atoms with Crippen LogP contribution in [0.15, 0.2) is 36.9 Å². The predicted molar refractivity (Wildman–Crippen MR) is 64.6 cm³/mol. The van der Waals surface area contributed by atoms with Crippen molar-refractivity contribution >= 4 is 11.9 Å². The first-order valence-corrected chi connectivity index (χ1v) is 5.52. The minimum Gasteiger partial charge on any atom is -0.300 e. The molecule has 0 unspecified atom stereocenters. The molecule has 0 spiro atoms. The Hall–Kier alpha value is -1.37. The summed E-state index contributed by atoms with van der Waals surface area (Å²) in [6.07, 6.45) is 7.07. The van der Waals surface area contributed by atoms with Crippen molar-refractivity contribution in [2.75, 3.05) is 0 Å². The van der Waals surface area contributed by atoms with Crippen LogP contribution in [0.1, 0.15) is 37.7 Å². The molecule has 0 atom stereocenters. The first-order chi connectivity index (χ1) is 7.33. The Labute approximate surface area is 91.8 Å². The Morgan fingerprint density at radius 3 is 1.93 bits per heavy atom. The van der Waals surface area contributed by atoms with E-state index in [4.69, 9.17) is 0 Å². The molecule has 1 fully saturated rings. The highest BCUT2D eigenvalue weighted by Gasteiger charge is 2.05. The van der Waals surface area contributed by atoms with Crippen LogP contribution in [0.25, 0.3) is 6.08 Å². The van der Waals surface area contributed by atoms with E-state index in [0.717, 1.165) is 25.7 Å². The molecule has 0 amide bonds. The molecule has 1 aromatic rings. The van der Waals surface area contributed by atoms with Gasteiger partial charge in [0.05, 0.1) is 0 Å². The summed E-state index contributed by atoms with van der Waals surface area (Å²) >= 11 is 0. The summed E-state index contributed by atoms with van der Waals surface area (Å²) < 4.78 is 0. The lowest BCUT2D eigenvalue weighted by Crippen LogP contribution is -2.02. The summed E-state index contributed by atoms with van der Waals surface area (Å²) in [5.74, 6) is 0.464. The molecular formula is C14H18O. The van der Waals surface area contributed by atoms with Crippen molar-refractivity contribution in [1.82, 2.24) is 0 Å². The third kappa shape index (κ3) is 5.16. The molecular weight excluding hydrogens is 184 g/mol. The molecule has 80 valence electrons. The number of carbonyl (C=O) groups excluding carboxylic acids is 1. The van der Waals surface area contributed by atoms with E-state index in [1.165, 1.54) is 12.0 Å². The Kier molecular flexibility index (Phi) is 5.46. The summed E-state index contributed by atoms with van der Waals surface area (Å²) in [6.45, 7) is 3.63. The van der Waals surface area contributed by atoms with Gasteiger partial charge in [0, 0.05) is 12.8 Å². The van der Waals surface area contributed by atoms with Crippen LogP contribution in [0.3, 0.4) is 0 Å². The maximum Gasteiger partial charge on any atom is 0.132 e. The predicted octanol–water partition coefficient (Wildman–Crippen LogP) is 3.85. The van der Waals surface area contributed by atoms with Crippen molar-refractivity contribution in [2.45, 2.75) is 32.1 Å². The topological polar surface area (TPSA) is 17.1 Å². The number of hydrogen-bond donors (Lipinski definition) is 0. The molecule has 0 radical (unpaired) electrons. The highest BCUT2D eigenvalue weighted by molar-refractivity contribution is 5.78. The first kappa shape index (κ1) is 11.7. The fourth-order valence-electron chi connectivity index (χ4n) is 1.54. The minimum atomic E-state index is 0.464. The summed E-state index contributed by atoms with van der Waals surface area (Å²) in [4.78, 5) is 10.5. The summed E-state index contributed by atoms with van der Waals surface area (Å²) in [7, 11) is 0. The number of carbonyl (C=O) groups is 1. The smallest absolute Gasteiger partial charge is 0.132 e. The van der Waals surface area contributed by atoms with Gasteiger partial charge in [0.2, 0.25) is 0 Å². The first-order valence-electron chi connectivity index (χ1n) is 5.52. The van der Waals surface area contributed by atoms with Gasteiger partial charge in [-0.25, -0.2) is 0 Å². The number of rotatable bonds is 1. The van der Waals surface area contributed by atoms with Crippen molar-refractivity contribution in [1.29, 1.82) is 0 Å². The molecule has 0 bridgehead atoms. The van der Waals surface area contributed by atoms with Gasteiger partial charge in [-0.2, -0.15) is 0 Å². The highest BCUT2D eigenvalue weighted by atomic mass is 16.1. The normalized spacial score (nSPS) is 15.1. The van der Waals surface area contributed by atoms with Crippen LogP contribution in [0, 0.1) is 0 Å². The lowest BCUT2D eigenvalue weighted by atomic mass is 10.00. The minimum absolute atomic E-state index is 0.464. The summed E-state index contributed by atoms with van der Waals surface area (Å²) in [5, 5.41) is 0. The van der Waals surface area contributed by atoms with Crippen molar-refractivity contribution in [2.24, 2.45) is 0 Å². The molecule has 0 heterocycles. The highest BCUT2D eigenvalue weighted by Crippen LogP contribution is 2.12. The maximum absolute atomic E-state index is 10.5. The zero-order valence-electron chi connectivity index (χ0n) is 9.11. The van der Waals surface area contributed by atoms with Gasteiger partial charge in [-0.1, -0.05) is 49.4 Å². The summed E-state index contributed by atoms with van der Waals surface area (Å²) in [6, 6.07) is 10.0. The number of hydrogen-bond acceptors (Lipinski definition) is 1. The molecule has 0 aliphatic heterocycles. The van der Waals surface area contributed by atoms with Crippen LogP contribution < -0.4 is 0 Å². The van der Waals surface area contributed by atoms with E-state index in [0.29, 0.717) is 5.78 Å². The van der Waals surface area contributed by atoms with Crippen molar-refractivity contribution < 1.29 is 4.79 Å². The lowest BCUT2D eigenvalue weighted by Gasteiger charge is -2.05. The Bertz CT molecular complexity index is 292. The zero-order valence-corrected chi connectivity index (χ0v) is 9.11. The van der Waals surface area contributed by atoms with E-state index in [9.17, 15) is 4.79 Å². The molecule has 1 saturated carbocycles. The van der Waals surface area contributed by atoms with E-state index >= 15 is 0 Å². The molecule has 1 aromatic carbocycles. The van der Waals surface area contributed by atoms with Gasteiger partial charge >= 0.3 is 0 Å². The van der Waals surface area contributed by atoms with Crippen molar-refractivity contribution in [3.63, 3.8) is 0 Å². The quantitative estimate of drug-likeness (QED) is 0.676. The summed E-state index contributed by atoms with van der Waals surface area (Å²) in [5.41, 5.74) is 1.17. The second-order valence-corrected chi connectivity index (χ2v) is 3.71. The second kappa shape index (κ2) is 6.99. The van der Waals surface area contributed by atoms with E-state index in [-0.39, 0.29) is 0 Å². The van der Waals surface area contributed by atoms with Crippen LogP contribution in [-0.4, -0.2) is 5.78 Å². The van der Waals surface area contributed by atoms with Gasteiger partial charge < -0.3 is 0 Å². The molecule has 1 aliphatic rings. The largest absolute Gasteiger partial charge is 0.300 e. The Balaban J connectivity index is 0.000000151. The fourth-order valence-corrected chi connectivity index (χ4v) is 1.54. The monoisotopic (exact) mass is 202 g/mol. The van der Waals surface area contributed by atoms with Gasteiger partial charge in [-0.3, -0.25) is 4.79 Å². The standard InChI is InChI=1S/C8H8.C6H10O/c1-2-8-6-4-3-5-7-8;7-6-4-2-1-3-5-6/h2-7H,1H2;1-5H2. The zero-order chi connectivity index (χ0) is 10.9. The lowest BCUT2D eigenvalue weighted by molar-refractivity contribution is -0.120. The van der Waals surface area contributed by atoms with Gasteiger partial charge in [0.1, 0.15) is 5.78 Å². The van der Waals surface area contributed by atoms with Crippen LogP contribution in [0.5, 0.6) is 0 Å². The Morgan fingerprint density at radius 2 is 1.60 bits per heavy atom. The molecule has 1 aliphatic carbocycles. The van der Waals surface area contributed by atoms with Crippen molar-refractivity contribution in [3.05, 3.63) is 42.5 Å². The van der Waals surface area contributed by atoms with Gasteiger partial charge in [0.25, 0.3) is 0 Å². The third-order valence-electron chi connectivity index (χ3n) is 2.45. The van der Waals surface area contributed by atoms with E-state index in [1.54, 1.807) is 0 Å². The van der Waals surface area contributed by atoms with Crippen molar-refractivity contribution in [3.8, 4) is 0 Å². The van der Waals surface area contributed by atoms with Crippen LogP contribution in [0.2, 0.25) is 0 Å². The molecule has 0 N–H and O–H groups in total. The number of Topliss-reactive ketones (excluding diaryl/α,β-unsaturated/α-hetero) is 1. The van der Waals surface area contributed by atoms with Gasteiger partial charge in [-0.15, -0.1) is 0 Å². The van der Waals surface area contributed by atoms with Gasteiger partial charge in [-0.05, 0) is 18.4 Å². The average molecular weight is 202 g/mol. The SMILES string of the molecule is C=Cc1ccccc1.O=C1CCCCC1. The molecule has 1 nitrogen and oxygen atoms in total. The Morgan fingerprint density at radius 1 is 1.00 bits per heavy atom. The van der Waals surface area contributed by atoms with Crippen LogP contribution >= 0.6 is 0 Å². The number of ketones is 1. The number of benzene rings is 1. The fraction of sp³-hybridized carbons (Fsp3) is 0.357. The third-order valence-corrected chi connectivity index (χ3v) is 2.45.